The normalized spacial score (nSPS) is 10.8. The average molecular weight is 299 g/mol. The number of para-hydroxylation sites is 1. The fraction of sp³-hybridized carbons (Fsp3) is 0.0500. The van der Waals surface area contributed by atoms with E-state index in [1.807, 2.05) is 54.6 Å². The third kappa shape index (κ3) is 2.69. The van der Waals surface area contributed by atoms with Gasteiger partial charge in [0.15, 0.2) is 0 Å². The van der Waals surface area contributed by atoms with Crippen LogP contribution in [0.5, 0.6) is 0 Å². The first-order valence-electron chi connectivity index (χ1n) is 7.72. The van der Waals surface area contributed by atoms with E-state index in [9.17, 15) is 0 Å². The molecule has 1 N–H and O–H groups in total. The van der Waals surface area contributed by atoms with Gasteiger partial charge in [-0.05, 0) is 24.3 Å². The van der Waals surface area contributed by atoms with Crippen LogP contribution in [-0.2, 0) is 6.54 Å². The van der Waals surface area contributed by atoms with Crippen LogP contribution in [0.3, 0.4) is 0 Å². The number of aromatic nitrogens is 2. The molecule has 2 aromatic heterocycles. The van der Waals surface area contributed by atoms with Crippen LogP contribution >= 0.6 is 0 Å². The Morgan fingerprint density at radius 1 is 0.783 bits per heavy atom. The zero-order chi connectivity index (χ0) is 15.5. The molecule has 23 heavy (non-hydrogen) atoms. The van der Waals surface area contributed by atoms with Crippen LogP contribution in [0.15, 0.2) is 85.1 Å². The number of hydrogen-bond donors (Lipinski definition) is 1. The highest BCUT2D eigenvalue weighted by molar-refractivity contribution is 5.67. The molecule has 112 valence electrons. The second-order valence-corrected chi connectivity index (χ2v) is 5.42. The van der Waals surface area contributed by atoms with Crippen LogP contribution in [0.25, 0.3) is 16.9 Å². The van der Waals surface area contributed by atoms with Crippen molar-refractivity contribution >= 4 is 11.3 Å². The molecule has 4 aromatic rings. The molecule has 0 aliphatic rings. The summed E-state index contributed by atoms with van der Waals surface area (Å²) in [4.78, 5) is 4.82. The Kier molecular flexibility index (Phi) is 3.53. The molecular weight excluding hydrogens is 282 g/mol. The van der Waals surface area contributed by atoms with E-state index in [0.29, 0.717) is 0 Å². The Bertz CT molecular complexity index is 911. The average Bonchev–Trinajstić information content (AvgIpc) is 3.00. The number of imidazole rings is 1. The van der Waals surface area contributed by atoms with Crippen LogP contribution in [0, 0.1) is 0 Å². The Hall–Kier alpha value is -3.07. The Labute approximate surface area is 135 Å². The number of benzene rings is 2. The molecule has 0 saturated carbocycles. The van der Waals surface area contributed by atoms with Gasteiger partial charge in [0.1, 0.15) is 5.65 Å². The van der Waals surface area contributed by atoms with E-state index in [1.54, 1.807) is 0 Å². The lowest BCUT2D eigenvalue weighted by Gasteiger charge is -2.08. The molecule has 0 fully saturated rings. The van der Waals surface area contributed by atoms with Gasteiger partial charge in [-0.15, -0.1) is 0 Å². The highest BCUT2D eigenvalue weighted by atomic mass is 15.0. The summed E-state index contributed by atoms with van der Waals surface area (Å²) in [6.07, 6.45) is 2.07. The van der Waals surface area contributed by atoms with Gasteiger partial charge in [-0.1, -0.05) is 54.6 Å². The van der Waals surface area contributed by atoms with Crippen molar-refractivity contribution in [1.29, 1.82) is 0 Å². The van der Waals surface area contributed by atoms with E-state index < -0.39 is 0 Å². The van der Waals surface area contributed by atoms with E-state index >= 15 is 0 Å². The lowest BCUT2D eigenvalue weighted by Crippen LogP contribution is -2.03. The third-order valence-corrected chi connectivity index (χ3v) is 3.91. The number of rotatable bonds is 4. The molecule has 0 unspecified atom stereocenters. The van der Waals surface area contributed by atoms with E-state index in [0.717, 1.165) is 34.8 Å². The first kappa shape index (κ1) is 13.6. The Morgan fingerprint density at radius 3 is 2.26 bits per heavy atom. The monoisotopic (exact) mass is 299 g/mol. The standard InChI is InChI=1S/C20H17N3/c1-3-9-16(10-4-1)20-18(15-21-17-11-5-2-6-12-17)23-14-8-7-13-19(23)22-20/h1-14,21H,15H2. The molecule has 0 bridgehead atoms. The highest BCUT2D eigenvalue weighted by Gasteiger charge is 2.13. The minimum absolute atomic E-state index is 0.722. The number of anilines is 1. The lowest BCUT2D eigenvalue weighted by atomic mass is 10.1. The van der Waals surface area contributed by atoms with Crippen molar-refractivity contribution in [2.24, 2.45) is 0 Å². The van der Waals surface area contributed by atoms with E-state index in [1.165, 1.54) is 0 Å². The molecular formula is C20H17N3. The van der Waals surface area contributed by atoms with E-state index in [2.05, 4.69) is 40.2 Å². The van der Waals surface area contributed by atoms with Crippen molar-refractivity contribution in [3.05, 3.63) is 90.8 Å². The number of pyridine rings is 1. The molecule has 0 spiro atoms. The maximum atomic E-state index is 4.82. The molecule has 0 aliphatic carbocycles. The molecule has 4 rings (SSSR count). The zero-order valence-electron chi connectivity index (χ0n) is 12.7. The quantitative estimate of drug-likeness (QED) is 0.596. The van der Waals surface area contributed by atoms with Gasteiger partial charge in [-0.2, -0.15) is 0 Å². The van der Waals surface area contributed by atoms with Crippen molar-refractivity contribution in [2.45, 2.75) is 6.54 Å². The summed E-state index contributed by atoms with van der Waals surface area (Å²) in [5, 5.41) is 3.49. The molecule has 0 radical (unpaired) electrons. The molecule has 2 heterocycles. The summed E-state index contributed by atoms with van der Waals surface area (Å²) >= 11 is 0. The number of nitrogens with one attached hydrogen (secondary N) is 1. The van der Waals surface area contributed by atoms with Crippen LogP contribution in [0.4, 0.5) is 5.69 Å². The maximum absolute atomic E-state index is 4.82. The fourth-order valence-electron chi connectivity index (χ4n) is 2.78. The lowest BCUT2D eigenvalue weighted by molar-refractivity contribution is 1.01. The molecule has 0 amide bonds. The molecule has 0 saturated heterocycles. The summed E-state index contributed by atoms with van der Waals surface area (Å²) in [6, 6.07) is 26.7. The summed E-state index contributed by atoms with van der Waals surface area (Å²) < 4.78 is 2.15. The highest BCUT2D eigenvalue weighted by Crippen LogP contribution is 2.25. The molecule has 0 atom stereocenters. The van der Waals surface area contributed by atoms with Crippen molar-refractivity contribution in [3.63, 3.8) is 0 Å². The predicted molar refractivity (Wildman–Crippen MR) is 94.4 cm³/mol. The summed E-state index contributed by atoms with van der Waals surface area (Å²) in [5.74, 6) is 0. The molecule has 3 nitrogen and oxygen atoms in total. The Balaban J connectivity index is 1.77. The smallest absolute Gasteiger partial charge is 0.137 e. The summed E-state index contributed by atoms with van der Waals surface area (Å²) in [7, 11) is 0. The zero-order valence-corrected chi connectivity index (χ0v) is 12.7. The SMILES string of the molecule is c1ccc(NCc2c(-c3ccccc3)nc3ccccn23)cc1. The van der Waals surface area contributed by atoms with Gasteiger partial charge in [-0.25, -0.2) is 4.98 Å². The van der Waals surface area contributed by atoms with Gasteiger partial charge < -0.3 is 9.72 Å². The minimum atomic E-state index is 0.722. The van der Waals surface area contributed by atoms with Crippen molar-refractivity contribution in [3.8, 4) is 11.3 Å². The molecule has 3 heteroatoms. The minimum Gasteiger partial charge on any atom is -0.379 e. The first-order chi connectivity index (χ1) is 11.4. The maximum Gasteiger partial charge on any atom is 0.137 e. The second-order valence-electron chi connectivity index (χ2n) is 5.42. The van der Waals surface area contributed by atoms with Crippen molar-refractivity contribution in [2.75, 3.05) is 5.32 Å². The van der Waals surface area contributed by atoms with Crippen LogP contribution in [-0.4, -0.2) is 9.38 Å². The second kappa shape index (κ2) is 5.97. The summed E-state index contributed by atoms with van der Waals surface area (Å²) in [5.41, 5.74) is 5.41. The largest absolute Gasteiger partial charge is 0.379 e. The van der Waals surface area contributed by atoms with E-state index in [-0.39, 0.29) is 0 Å². The van der Waals surface area contributed by atoms with Gasteiger partial charge in [-0.3, -0.25) is 0 Å². The van der Waals surface area contributed by atoms with Crippen molar-refractivity contribution < 1.29 is 0 Å². The topological polar surface area (TPSA) is 29.3 Å². The molecule has 2 aromatic carbocycles. The molecule has 0 aliphatic heterocycles. The first-order valence-corrected chi connectivity index (χ1v) is 7.72. The van der Waals surface area contributed by atoms with Gasteiger partial charge in [0.2, 0.25) is 0 Å². The summed E-state index contributed by atoms with van der Waals surface area (Å²) in [6.45, 7) is 0.722. The van der Waals surface area contributed by atoms with Gasteiger partial charge in [0, 0.05) is 17.4 Å². The number of fused-ring (bicyclic) bond motifs is 1. The van der Waals surface area contributed by atoms with E-state index in [4.69, 9.17) is 4.98 Å². The van der Waals surface area contributed by atoms with Crippen LogP contribution < -0.4 is 5.32 Å². The predicted octanol–water partition coefficient (Wildman–Crippen LogP) is 4.61. The third-order valence-electron chi connectivity index (χ3n) is 3.91. The van der Waals surface area contributed by atoms with Gasteiger partial charge >= 0.3 is 0 Å². The fourth-order valence-corrected chi connectivity index (χ4v) is 2.78. The number of hydrogen-bond acceptors (Lipinski definition) is 2. The number of nitrogens with zero attached hydrogens (tertiary/aromatic N) is 2. The van der Waals surface area contributed by atoms with Crippen LogP contribution in [0.1, 0.15) is 5.69 Å². The van der Waals surface area contributed by atoms with Gasteiger partial charge in [0.25, 0.3) is 0 Å². The Morgan fingerprint density at radius 2 is 1.48 bits per heavy atom. The van der Waals surface area contributed by atoms with Crippen molar-refractivity contribution in [1.82, 2.24) is 9.38 Å². The van der Waals surface area contributed by atoms with Gasteiger partial charge in [0.05, 0.1) is 17.9 Å². The van der Waals surface area contributed by atoms with Crippen LogP contribution in [0.2, 0.25) is 0 Å².